The summed E-state index contributed by atoms with van der Waals surface area (Å²) in [5.74, 6) is 0.547. The predicted octanol–water partition coefficient (Wildman–Crippen LogP) is 1.32. The number of piperidine rings is 1. The molecule has 1 aliphatic rings. The third kappa shape index (κ3) is 8.68. The van der Waals surface area contributed by atoms with E-state index in [1.807, 2.05) is 27.7 Å². The van der Waals surface area contributed by atoms with Crippen molar-refractivity contribution >= 4 is 6.47 Å². The maximum atomic E-state index is 9.60. The summed E-state index contributed by atoms with van der Waals surface area (Å²) < 4.78 is 4.55. The second-order valence-corrected chi connectivity index (χ2v) is 5.15. The maximum absolute atomic E-state index is 9.60. The highest BCUT2D eigenvalue weighted by atomic mass is 16.5. The number of rotatable bonds is 2. The molecule has 1 aliphatic heterocycles. The maximum Gasteiger partial charge on any atom is 0.293 e. The molecule has 0 aromatic heterocycles. The highest BCUT2D eigenvalue weighted by Crippen LogP contribution is 2.14. The van der Waals surface area contributed by atoms with Gasteiger partial charge in [-0.3, -0.25) is 4.79 Å². The molecule has 0 aliphatic carbocycles. The van der Waals surface area contributed by atoms with Crippen LogP contribution < -0.4 is 5.32 Å². The van der Waals surface area contributed by atoms with Crippen LogP contribution in [0.1, 0.15) is 40.5 Å². The van der Waals surface area contributed by atoms with Gasteiger partial charge in [-0.25, -0.2) is 0 Å². The van der Waals surface area contributed by atoms with E-state index in [9.17, 15) is 4.79 Å². The lowest BCUT2D eigenvalue weighted by atomic mass is 9.93. The van der Waals surface area contributed by atoms with E-state index in [1.54, 1.807) is 0 Å². The molecular formula is C12H25NO3. The fourth-order valence-electron chi connectivity index (χ4n) is 1.47. The van der Waals surface area contributed by atoms with Crippen LogP contribution in [-0.4, -0.2) is 36.4 Å². The first-order chi connectivity index (χ1) is 7.37. The van der Waals surface area contributed by atoms with Gasteiger partial charge in [0, 0.05) is 0 Å². The highest BCUT2D eigenvalue weighted by molar-refractivity contribution is 5.37. The number of nitrogens with one attached hydrogen (secondary N) is 1. The van der Waals surface area contributed by atoms with Crippen LogP contribution in [0.3, 0.4) is 0 Å². The third-order valence-corrected chi connectivity index (χ3v) is 2.47. The van der Waals surface area contributed by atoms with Gasteiger partial charge >= 0.3 is 0 Å². The fraction of sp³-hybridized carbons (Fsp3) is 0.917. The molecule has 0 bridgehead atoms. The minimum atomic E-state index is -0.318. The van der Waals surface area contributed by atoms with Crippen LogP contribution in [0.15, 0.2) is 0 Å². The van der Waals surface area contributed by atoms with Crippen molar-refractivity contribution in [3.63, 3.8) is 0 Å². The average molecular weight is 231 g/mol. The van der Waals surface area contributed by atoms with Gasteiger partial charge in [-0.2, -0.15) is 0 Å². The molecule has 0 spiro atoms. The van der Waals surface area contributed by atoms with E-state index < -0.39 is 0 Å². The molecule has 0 aromatic rings. The first kappa shape index (κ1) is 15.4. The quantitative estimate of drug-likeness (QED) is 0.704. The van der Waals surface area contributed by atoms with Crippen LogP contribution in [0, 0.1) is 5.92 Å². The second-order valence-electron chi connectivity index (χ2n) is 5.15. The third-order valence-electron chi connectivity index (χ3n) is 2.47. The van der Waals surface area contributed by atoms with E-state index in [1.165, 1.54) is 0 Å². The van der Waals surface area contributed by atoms with Crippen molar-refractivity contribution in [1.82, 2.24) is 5.32 Å². The zero-order valence-electron chi connectivity index (χ0n) is 10.8. The second kappa shape index (κ2) is 7.63. The fourth-order valence-corrected chi connectivity index (χ4v) is 1.47. The molecule has 1 atom stereocenters. The van der Waals surface area contributed by atoms with Crippen LogP contribution in [0.5, 0.6) is 0 Å². The predicted molar refractivity (Wildman–Crippen MR) is 64.2 cm³/mol. The van der Waals surface area contributed by atoms with Crippen molar-refractivity contribution in [3.8, 4) is 0 Å². The van der Waals surface area contributed by atoms with Crippen LogP contribution >= 0.6 is 0 Å². The van der Waals surface area contributed by atoms with Crippen molar-refractivity contribution in [2.45, 2.75) is 52.2 Å². The Kier molecular flexibility index (Phi) is 7.34. The zero-order valence-corrected chi connectivity index (χ0v) is 10.8. The van der Waals surface area contributed by atoms with Crippen molar-refractivity contribution < 1.29 is 14.6 Å². The Labute approximate surface area is 98.4 Å². The van der Waals surface area contributed by atoms with Gasteiger partial charge in [-0.05, 0) is 59.5 Å². The Morgan fingerprint density at radius 3 is 2.06 bits per heavy atom. The van der Waals surface area contributed by atoms with Crippen molar-refractivity contribution in [2.24, 2.45) is 5.92 Å². The Balaban J connectivity index is 0.000000293. The van der Waals surface area contributed by atoms with E-state index in [-0.39, 0.29) is 11.7 Å². The molecule has 0 radical (unpaired) electrons. The van der Waals surface area contributed by atoms with Gasteiger partial charge in [0.1, 0.15) is 5.60 Å². The molecule has 0 saturated carbocycles. The number of hydrogen-bond donors (Lipinski definition) is 2. The van der Waals surface area contributed by atoms with Gasteiger partial charge in [0.15, 0.2) is 0 Å². The average Bonchev–Trinajstić information content (AvgIpc) is 2.18. The summed E-state index contributed by atoms with van der Waals surface area (Å²) in [6.07, 6.45) is 2.17. The standard InChI is InChI=1S/C7H15NO.C5H10O2/c1-6(9)7-2-4-8-5-3-7;1-5(2,3)7-4-6/h6-9H,2-5H2,1H3;4H,1-3H3. The van der Waals surface area contributed by atoms with Crippen LogP contribution in [-0.2, 0) is 9.53 Å². The number of ether oxygens (including phenoxy) is 1. The molecule has 1 rings (SSSR count). The lowest BCUT2D eigenvalue weighted by Gasteiger charge is -2.24. The molecule has 2 N–H and O–H groups in total. The smallest absolute Gasteiger partial charge is 0.293 e. The van der Waals surface area contributed by atoms with E-state index in [0.717, 1.165) is 25.9 Å². The molecule has 0 aromatic carbocycles. The Hall–Kier alpha value is -0.610. The Morgan fingerprint density at radius 1 is 1.38 bits per heavy atom. The number of carbonyl (C=O) groups is 1. The number of hydrogen-bond acceptors (Lipinski definition) is 4. The first-order valence-corrected chi connectivity index (χ1v) is 5.87. The molecular weight excluding hydrogens is 206 g/mol. The molecule has 96 valence electrons. The molecule has 4 nitrogen and oxygen atoms in total. The molecule has 1 saturated heterocycles. The van der Waals surface area contributed by atoms with Gasteiger partial charge in [0.2, 0.25) is 0 Å². The van der Waals surface area contributed by atoms with Gasteiger partial charge in [0.05, 0.1) is 6.10 Å². The summed E-state index contributed by atoms with van der Waals surface area (Å²) in [5.41, 5.74) is -0.318. The zero-order chi connectivity index (χ0) is 12.6. The minimum absolute atomic E-state index is 0.105. The molecule has 4 heteroatoms. The van der Waals surface area contributed by atoms with Crippen molar-refractivity contribution in [1.29, 1.82) is 0 Å². The number of carbonyl (C=O) groups excluding carboxylic acids is 1. The molecule has 1 heterocycles. The van der Waals surface area contributed by atoms with Crippen molar-refractivity contribution in [2.75, 3.05) is 13.1 Å². The summed E-state index contributed by atoms with van der Waals surface area (Å²) in [5, 5.41) is 12.4. The summed E-state index contributed by atoms with van der Waals surface area (Å²) >= 11 is 0. The SMILES string of the molecule is CC(C)(C)OC=O.CC(O)C1CCNCC1. The lowest BCUT2D eigenvalue weighted by Crippen LogP contribution is -2.32. The van der Waals surface area contributed by atoms with Gasteiger partial charge in [-0.1, -0.05) is 0 Å². The Morgan fingerprint density at radius 2 is 1.88 bits per heavy atom. The molecule has 1 fully saturated rings. The van der Waals surface area contributed by atoms with Crippen LogP contribution in [0.25, 0.3) is 0 Å². The summed E-state index contributed by atoms with van der Waals surface area (Å²) in [6.45, 7) is 9.96. The summed E-state index contributed by atoms with van der Waals surface area (Å²) in [4.78, 5) is 9.60. The van der Waals surface area contributed by atoms with E-state index in [4.69, 9.17) is 5.11 Å². The topological polar surface area (TPSA) is 58.6 Å². The summed E-state index contributed by atoms with van der Waals surface area (Å²) in [6, 6.07) is 0. The molecule has 16 heavy (non-hydrogen) atoms. The largest absolute Gasteiger partial charge is 0.462 e. The lowest BCUT2D eigenvalue weighted by molar-refractivity contribution is -0.138. The van der Waals surface area contributed by atoms with Crippen molar-refractivity contribution in [3.05, 3.63) is 0 Å². The van der Waals surface area contributed by atoms with Gasteiger partial charge in [-0.15, -0.1) is 0 Å². The van der Waals surface area contributed by atoms with Crippen LogP contribution in [0.2, 0.25) is 0 Å². The van der Waals surface area contributed by atoms with Gasteiger partial charge in [0.25, 0.3) is 6.47 Å². The number of aliphatic hydroxyl groups excluding tert-OH is 1. The highest BCUT2D eigenvalue weighted by Gasteiger charge is 2.16. The minimum Gasteiger partial charge on any atom is -0.462 e. The molecule has 0 amide bonds. The monoisotopic (exact) mass is 231 g/mol. The summed E-state index contributed by atoms with van der Waals surface area (Å²) in [7, 11) is 0. The first-order valence-electron chi connectivity index (χ1n) is 5.87. The molecule has 1 unspecified atom stereocenters. The van der Waals surface area contributed by atoms with Crippen LogP contribution in [0.4, 0.5) is 0 Å². The van der Waals surface area contributed by atoms with E-state index >= 15 is 0 Å². The van der Waals surface area contributed by atoms with E-state index in [2.05, 4.69) is 10.1 Å². The number of aliphatic hydroxyl groups is 1. The van der Waals surface area contributed by atoms with Gasteiger partial charge < -0.3 is 15.2 Å². The normalized spacial score (nSPS) is 19.3. The Bertz CT molecular complexity index is 181. The van der Waals surface area contributed by atoms with E-state index in [0.29, 0.717) is 12.4 Å².